The van der Waals surface area contributed by atoms with Crippen LogP contribution in [0, 0.1) is 21.3 Å². The van der Waals surface area contributed by atoms with Crippen LogP contribution in [0.3, 0.4) is 0 Å². The molecule has 1 fully saturated rings. The summed E-state index contributed by atoms with van der Waals surface area (Å²) in [7, 11) is 0. The molecule has 1 amide bonds. The molecule has 114 valence electrons. The van der Waals surface area contributed by atoms with Crippen molar-refractivity contribution in [1.29, 1.82) is 0 Å². The summed E-state index contributed by atoms with van der Waals surface area (Å²) in [6, 6.07) is 3.20. The minimum absolute atomic E-state index is 0.0832. The van der Waals surface area contributed by atoms with Gasteiger partial charge in [-0.2, -0.15) is 4.39 Å². The van der Waals surface area contributed by atoms with Crippen molar-refractivity contribution < 1.29 is 14.1 Å². The summed E-state index contributed by atoms with van der Waals surface area (Å²) in [4.78, 5) is 21.9. The lowest BCUT2D eigenvalue weighted by atomic mass is 9.76. The molecule has 1 aromatic carbocycles. The summed E-state index contributed by atoms with van der Waals surface area (Å²) < 4.78 is 13.2. The van der Waals surface area contributed by atoms with E-state index in [2.05, 4.69) is 12.2 Å². The lowest BCUT2D eigenvalue weighted by molar-refractivity contribution is -0.387. The first-order valence-corrected chi connectivity index (χ1v) is 7.13. The van der Waals surface area contributed by atoms with Crippen LogP contribution in [-0.4, -0.2) is 17.4 Å². The number of nitrogens with one attached hydrogen (secondary N) is 1. The molecule has 2 rings (SSSR count). The Morgan fingerprint density at radius 3 is 2.67 bits per heavy atom. The molecule has 0 aliphatic heterocycles. The molecule has 1 aromatic rings. The fourth-order valence-corrected chi connectivity index (χ4v) is 2.77. The Bertz CT molecular complexity index is 554. The van der Waals surface area contributed by atoms with Gasteiger partial charge in [0.05, 0.1) is 4.92 Å². The molecule has 1 saturated carbocycles. The van der Waals surface area contributed by atoms with Gasteiger partial charge in [-0.1, -0.05) is 26.2 Å². The third-order valence-electron chi connectivity index (χ3n) is 4.14. The van der Waals surface area contributed by atoms with E-state index in [1.807, 2.05) is 0 Å². The first-order valence-electron chi connectivity index (χ1n) is 7.13. The highest BCUT2D eigenvalue weighted by Gasteiger charge is 2.27. The van der Waals surface area contributed by atoms with Gasteiger partial charge in [0.1, 0.15) is 0 Å². The van der Waals surface area contributed by atoms with E-state index in [-0.39, 0.29) is 11.0 Å². The van der Waals surface area contributed by atoms with Crippen LogP contribution in [0.2, 0.25) is 0 Å². The Morgan fingerprint density at radius 1 is 1.38 bits per heavy atom. The van der Waals surface area contributed by atoms with Crippen LogP contribution < -0.4 is 5.32 Å². The Balaban J connectivity index is 2.03. The van der Waals surface area contributed by atoms with E-state index in [1.165, 1.54) is 12.5 Å². The Labute approximate surface area is 122 Å². The van der Waals surface area contributed by atoms with E-state index < -0.39 is 22.3 Å². The van der Waals surface area contributed by atoms with Crippen molar-refractivity contribution in [3.8, 4) is 0 Å². The quantitative estimate of drug-likeness (QED) is 0.683. The Kier molecular flexibility index (Phi) is 4.55. The number of hydrogen-bond acceptors (Lipinski definition) is 3. The average molecular weight is 294 g/mol. The summed E-state index contributed by atoms with van der Waals surface area (Å²) >= 11 is 0. The minimum atomic E-state index is -0.934. The normalized spacial score (nSPS) is 17.2. The van der Waals surface area contributed by atoms with Gasteiger partial charge in [0.25, 0.3) is 5.91 Å². The van der Waals surface area contributed by atoms with Crippen molar-refractivity contribution in [3.05, 3.63) is 39.7 Å². The Hall–Kier alpha value is -1.98. The molecule has 1 N–H and O–H groups in total. The van der Waals surface area contributed by atoms with Crippen LogP contribution in [0.25, 0.3) is 0 Å². The molecular formula is C15H19FN2O3. The van der Waals surface area contributed by atoms with E-state index >= 15 is 0 Å². The molecule has 1 aliphatic rings. The second kappa shape index (κ2) is 6.20. The molecule has 6 heteroatoms. The molecular weight excluding hydrogens is 275 g/mol. The number of nitro groups is 1. The van der Waals surface area contributed by atoms with Crippen molar-refractivity contribution in [3.63, 3.8) is 0 Å². The summed E-state index contributed by atoms with van der Waals surface area (Å²) in [6.45, 7) is 2.68. The van der Waals surface area contributed by atoms with Crippen molar-refractivity contribution in [1.82, 2.24) is 5.32 Å². The van der Waals surface area contributed by atoms with Crippen LogP contribution in [0.4, 0.5) is 10.1 Å². The van der Waals surface area contributed by atoms with Crippen LogP contribution in [0.5, 0.6) is 0 Å². The number of amides is 1. The lowest BCUT2D eigenvalue weighted by Gasteiger charge is -2.33. The lowest BCUT2D eigenvalue weighted by Crippen LogP contribution is -2.37. The molecule has 1 aliphatic carbocycles. The predicted molar refractivity (Wildman–Crippen MR) is 76.6 cm³/mol. The third kappa shape index (κ3) is 3.77. The maximum atomic E-state index is 13.2. The van der Waals surface area contributed by atoms with Crippen molar-refractivity contribution in [2.75, 3.05) is 6.54 Å². The van der Waals surface area contributed by atoms with Crippen molar-refractivity contribution >= 4 is 11.6 Å². The summed E-state index contributed by atoms with van der Waals surface area (Å²) in [5.74, 6) is -1.33. The van der Waals surface area contributed by atoms with Crippen LogP contribution >= 0.6 is 0 Å². The SMILES string of the molecule is CC1(CNC(=O)c2ccc(F)c([N+](=O)[O-])c2)CCCCC1. The number of halogens is 1. The largest absolute Gasteiger partial charge is 0.351 e. The van der Waals surface area contributed by atoms with Crippen molar-refractivity contribution in [2.45, 2.75) is 39.0 Å². The number of nitro benzene ring substituents is 1. The van der Waals surface area contributed by atoms with Gasteiger partial charge in [-0.15, -0.1) is 0 Å². The summed E-state index contributed by atoms with van der Waals surface area (Å²) in [5.41, 5.74) is -0.478. The maximum Gasteiger partial charge on any atom is 0.305 e. The molecule has 5 nitrogen and oxygen atoms in total. The molecule has 0 unspecified atom stereocenters. The van der Waals surface area contributed by atoms with Crippen LogP contribution in [0.1, 0.15) is 49.4 Å². The monoisotopic (exact) mass is 294 g/mol. The smallest absolute Gasteiger partial charge is 0.305 e. The highest BCUT2D eigenvalue weighted by molar-refractivity contribution is 5.94. The van der Waals surface area contributed by atoms with Gasteiger partial charge in [0, 0.05) is 18.2 Å². The van der Waals surface area contributed by atoms with E-state index in [1.54, 1.807) is 0 Å². The summed E-state index contributed by atoms with van der Waals surface area (Å²) in [5, 5.41) is 13.5. The first-order chi connectivity index (χ1) is 9.91. The summed E-state index contributed by atoms with van der Waals surface area (Å²) in [6.07, 6.45) is 5.68. The zero-order valence-electron chi connectivity index (χ0n) is 12.0. The predicted octanol–water partition coefficient (Wildman–Crippen LogP) is 3.43. The van der Waals surface area contributed by atoms with Crippen LogP contribution in [0.15, 0.2) is 18.2 Å². The fourth-order valence-electron chi connectivity index (χ4n) is 2.77. The zero-order valence-corrected chi connectivity index (χ0v) is 12.0. The molecule has 0 radical (unpaired) electrons. The molecule has 21 heavy (non-hydrogen) atoms. The zero-order chi connectivity index (χ0) is 15.5. The number of carbonyl (C=O) groups excluding carboxylic acids is 1. The van der Waals surface area contributed by atoms with Gasteiger partial charge in [-0.3, -0.25) is 14.9 Å². The highest BCUT2D eigenvalue weighted by atomic mass is 19.1. The number of benzene rings is 1. The van der Waals surface area contributed by atoms with Gasteiger partial charge in [0.15, 0.2) is 0 Å². The van der Waals surface area contributed by atoms with E-state index in [0.717, 1.165) is 37.8 Å². The van der Waals surface area contributed by atoms with Crippen LogP contribution in [-0.2, 0) is 0 Å². The van der Waals surface area contributed by atoms with Crippen molar-refractivity contribution in [2.24, 2.45) is 5.41 Å². The minimum Gasteiger partial charge on any atom is -0.351 e. The number of carbonyl (C=O) groups is 1. The van der Waals surface area contributed by atoms with Gasteiger partial charge < -0.3 is 5.32 Å². The number of hydrogen-bond donors (Lipinski definition) is 1. The third-order valence-corrected chi connectivity index (χ3v) is 4.14. The van der Waals surface area contributed by atoms with Gasteiger partial charge in [-0.05, 0) is 30.4 Å². The van der Waals surface area contributed by atoms with E-state index in [0.29, 0.717) is 6.54 Å². The highest BCUT2D eigenvalue weighted by Crippen LogP contribution is 2.35. The topological polar surface area (TPSA) is 72.2 Å². The second-order valence-electron chi connectivity index (χ2n) is 5.98. The van der Waals surface area contributed by atoms with Gasteiger partial charge >= 0.3 is 5.69 Å². The number of nitrogens with zero attached hydrogens (tertiary/aromatic N) is 1. The number of rotatable bonds is 4. The Morgan fingerprint density at radius 2 is 2.05 bits per heavy atom. The molecule has 0 bridgehead atoms. The second-order valence-corrected chi connectivity index (χ2v) is 5.98. The fraction of sp³-hybridized carbons (Fsp3) is 0.533. The van der Waals surface area contributed by atoms with Gasteiger partial charge in [0.2, 0.25) is 5.82 Å². The molecule has 0 atom stereocenters. The van der Waals surface area contributed by atoms with Gasteiger partial charge in [-0.25, -0.2) is 0 Å². The standard InChI is InChI=1S/C15H19FN2O3/c1-15(7-3-2-4-8-15)10-17-14(19)11-5-6-12(16)13(9-11)18(20)21/h5-6,9H,2-4,7-8,10H2,1H3,(H,17,19). The maximum absolute atomic E-state index is 13.2. The molecule has 0 aromatic heterocycles. The molecule has 0 heterocycles. The van der Waals surface area contributed by atoms with E-state index in [4.69, 9.17) is 0 Å². The first kappa shape index (κ1) is 15.4. The molecule has 0 spiro atoms. The van der Waals surface area contributed by atoms with E-state index in [9.17, 15) is 19.3 Å². The average Bonchev–Trinajstić information content (AvgIpc) is 2.46. The molecule has 0 saturated heterocycles.